The van der Waals surface area contributed by atoms with Gasteiger partial charge in [0.2, 0.25) is 0 Å². The molecule has 2 amide bonds. The zero-order valence-electron chi connectivity index (χ0n) is 20.0. The van der Waals surface area contributed by atoms with E-state index >= 15 is 0 Å². The topological polar surface area (TPSA) is 44.8 Å². The molecule has 0 spiro atoms. The third kappa shape index (κ3) is 6.78. The molecule has 0 aromatic heterocycles. The highest BCUT2D eigenvalue weighted by Crippen LogP contribution is 2.29. The Bertz CT molecular complexity index is 930. The van der Waals surface area contributed by atoms with Crippen LogP contribution < -0.4 is 15.0 Å². The maximum Gasteiger partial charge on any atom is 0.321 e. The first kappa shape index (κ1) is 25.7. The number of carbonyl (C=O) groups excluding carboxylic acids is 1. The lowest BCUT2D eigenvalue weighted by atomic mass is 9.89. The van der Waals surface area contributed by atoms with Gasteiger partial charge >= 0.3 is 6.03 Å². The van der Waals surface area contributed by atoms with E-state index in [1.54, 1.807) is 14.2 Å². The zero-order chi connectivity index (χ0) is 24.0. The van der Waals surface area contributed by atoms with E-state index in [0.717, 1.165) is 50.3 Å². The summed E-state index contributed by atoms with van der Waals surface area (Å²) in [6, 6.07) is 13.6. The lowest BCUT2D eigenvalue weighted by Gasteiger charge is -2.40. The Labute approximate surface area is 208 Å². The first-order valence-corrected chi connectivity index (χ1v) is 12.4. The quantitative estimate of drug-likeness (QED) is 0.483. The Kier molecular flexibility index (Phi) is 9.30. The number of amides is 2. The Hall–Kier alpha value is -1.95. The summed E-state index contributed by atoms with van der Waals surface area (Å²) in [5, 5.41) is 4.05. The molecule has 5 nitrogen and oxygen atoms in total. The van der Waals surface area contributed by atoms with Gasteiger partial charge in [-0.25, -0.2) is 4.79 Å². The number of urea groups is 1. The summed E-state index contributed by atoms with van der Waals surface area (Å²) in [6.45, 7) is 7.24. The van der Waals surface area contributed by atoms with E-state index in [2.05, 4.69) is 30.1 Å². The van der Waals surface area contributed by atoms with E-state index < -0.39 is 0 Å². The molecular weight excluding hydrogens is 457 g/mol. The monoisotopic (exact) mass is 491 g/mol. The molecule has 2 aromatic rings. The largest absolute Gasteiger partial charge is 0.497 e. The van der Waals surface area contributed by atoms with Crippen molar-refractivity contribution < 1.29 is 9.53 Å². The molecule has 1 saturated heterocycles. The van der Waals surface area contributed by atoms with E-state index in [1.165, 1.54) is 5.56 Å². The standard InChI is InChI=1S/C26H35Cl2N3O2/c1-18(2)25(31(26(32)29-3)21-6-5-7-22(16-21)33-4)17-30-12-10-19(11-13-30)14-20-8-9-23(27)24(28)15-20/h5-9,15-16,18-19,25H,10-14,17H2,1-4H3,(H,29,32). The third-order valence-corrected chi connectivity index (χ3v) is 7.27. The molecule has 1 aliphatic heterocycles. The van der Waals surface area contributed by atoms with Crippen LogP contribution in [0.4, 0.5) is 10.5 Å². The Morgan fingerprint density at radius 1 is 1.15 bits per heavy atom. The number of hydrogen-bond acceptors (Lipinski definition) is 3. The molecule has 1 unspecified atom stereocenters. The maximum atomic E-state index is 12.9. The number of benzene rings is 2. The minimum absolute atomic E-state index is 0.0451. The number of piperidine rings is 1. The van der Waals surface area contributed by atoms with Crippen LogP contribution in [0.5, 0.6) is 5.75 Å². The highest BCUT2D eigenvalue weighted by atomic mass is 35.5. The molecule has 1 aliphatic rings. The molecule has 0 saturated carbocycles. The van der Waals surface area contributed by atoms with Crippen molar-refractivity contribution in [1.29, 1.82) is 0 Å². The van der Waals surface area contributed by atoms with Crippen molar-refractivity contribution in [2.24, 2.45) is 11.8 Å². The van der Waals surface area contributed by atoms with Crippen molar-refractivity contribution in [1.82, 2.24) is 10.2 Å². The van der Waals surface area contributed by atoms with Crippen molar-refractivity contribution in [2.45, 2.75) is 39.2 Å². The van der Waals surface area contributed by atoms with Crippen LogP contribution in [0.3, 0.4) is 0 Å². The van der Waals surface area contributed by atoms with Gasteiger partial charge < -0.3 is 15.0 Å². The predicted octanol–water partition coefficient (Wildman–Crippen LogP) is 6.13. The summed E-state index contributed by atoms with van der Waals surface area (Å²) in [7, 11) is 3.33. The molecule has 0 radical (unpaired) electrons. The SMILES string of the molecule is CNC(=O)N(c1cccc(OC)c1)C(CN1CCC(Cc2ccc(Cl)c(Cl)c2)CC1)C(C)C. The smallest absolute Gasteiger partial charge is 0.321 e. The number of hydrogen-bond donors (Lipinski definition) is 1. The highest BCUT2D eigenvalue weighted by molar-refractivity contribution is 6.42. The molecular formula is C26H35Cl2N3O2. The Morgan fingerprint density at radius 3 is 2.48 bits per heavy atom. The van der Waals surface area contributed by atoms with Crippen molar-refractivity contribution >= 4 is 34.9 Å². The van der Waals surface area contributed by atoms with Crippen LogP contribution in [0.2, 0.25) is 10.0 Å². The van der Waals surface area contributed by atoms with Gasteiger partial charge in [-0.2, -0.15) is 0 Å². The van der Waals surface area contributed by atoms with Crippen LogP contribution in [-0.2, 0) is 6.42 Å². The molecule has 180 valence electrons. The first-order valence-electron chi connectivity index (χ1n) is 11.6. The van der Waals surface area contributed by atoms with Crippen LogP contribution in [0.1, 0.15) is 32.3 Å². The van der Waals surface area contributed by atoms with Gasteiger partial charge in [-0.05, 0) is 74.0 Å². The van der Waals surface area contributed by atoms with Crippen LogP contribution in [0.25, 0.3) is 0 Å². The fraction of sp³-hybridized carbons (Fsp3) is 0.500. The van der Waals surface area contributed by atoms with Crippen molar-refractivity contribution in [3.05, 3.63) is 58.1 Å². The molecule has 3 rings (SSSR count). The number of ether oxygens (including phenoxy) is 1. The maximum absolute atomic E-state index is 12.9. The minimum Gasteiger partial charge on any atom is -0.497 e. The van der Waals surface area contributed by atoms with Gasteiger partial charge in [-0.15, -0.1) is 0 Å². The van der Waals surface area contributed by atoms with Crippen LogP contribution in [-0.4, -0.2) is 50.8 Å². The normalized spacial score (nSPS) is 16.0. The van der Waals surface area contributed by atoms with Gasteiger partial charge in [0.15, 0.2) is 0 Å². The molecule has 1 heterocycles. The summed E-state index contributed by atoms with van der Waals surface area (Å²) in [4.78, 5) is 17.3. The lowest BCUT2D eigenvalue weighted by Crippen LogP contribution is -2.53. The number of likely N-dealkylation sites (tertiary alicyclic amines) is 1. The summed E-state index contributed by atoms with van der Waals surface area (Å²) in [5.74, 6) is 1.67. The molecule has 1 fully saturated rings. The van der Waals surface area contributed by atoms with E-state index in [1.807, 2.05) is 41.3 Å². The second-order valence-electron chi connectivity index (χ2n) is 9.13. The summed E-state index contributed by atoms with van der Waals surface area (Å²) in [6.07, 6.45) is 3.28. The van der Waals surface area contributed by atoms with Crippen LogP contribution in [0.15, 0.2) is 42.5 Å². The van der Waals surface area contributed by atoms with Gasteiger partial charge in [0.1, 0.15) is 5.75 Å². The Morgan fingerprint density at radius 2 is 1.88 bits per heavy atom. The van der Waals surface area contributed by atoms with E-state index in [-0.39, 0.29) is 12.1 Å². The lowest BCUT2D eigenvalue weighted by molar-refractivity contribution is 0.163. The van der Waals surface area contributed by atoms with E-state index in [0.29, 0.717) is 21.9 Å². The molecule has 0 bridgehead atoms. The number of nitrogens with one attached hydrogen (secondary N) is 1. The van der Waals surface area contributed by atoms with Gasteiger partial charge in [0.05, 0.1) is 23.2 Å². The van der Waals surface area contributed by atoms with Crippen molar-refractivity contribution in [2.75, 3.05) is 38.7 Å². The van der Waals surface area contributed by atoms with E-state index in [4.69, 9.17) is 27.9 Å². The minimum atomic E-state index is -0.101. The highest BCUT2D eigenvalue weighted by Gasteiger charge is 2.31. The molecule has 1 N–H and O–H groups in total. The third-order valence-electron chi connectivity index (χ3n) is 6.53. The number of methoxy groups -OCH3 is 1. The van der Waals surface area contributed by atoms with Crippen molar-refractivity contribution in [3.63, 3.8) is 0 Å². The van der Waals surface area contributed by atoms with Gasteiger partial charge in [-0.3, -0.25) is 4.90 Å². The number of halogens is 2. The summed E-state index contributed by atoms with van der Waals surface area (Å²) < 4.78 is 5.40. The zero-order valence-corrected chi connectivity index (χ0v) is 21.5. The average molecular weight is 492 g/mol. The summed E-state index contributed by atoms with van der Waals surface area (Å²) >= 11 is 12.3. The number of carbonyl (C=O) groups is 1. The molecule has 2 aromatic carbocycles. The molecule has 1 atom stereocenters. The second-order valence-corrected chi connectivity index (χ2v) is 9.95. The summed E-state index contributed by atoms with van der Waals surface area (Å²) in [5.41, 5.74) is 2.09. The number of anilines is 1. The molecule has 0 aliphatic carbocycles. The second kappa shape index (κ2) is 12.0. The Balaban J connectivity index is 1.67. The fourth-order valence-corrected chi connectivity index (χ4v) is 4.89. The molecule has 33 heavy (non-hydrogen) atoms. The van der Waals surface area contributed by atoms with Gasteiger partial charge in [-0.1, -0.05) is 49.2 Å². The van der Waals surface area contributed by atoms with Gasteiger partial charge in [0, 0.05) is 25.3 Å². The molecule has 7 heteroatoms. The average Bonchev–Trinajstić information content (AvgIpc) is 2.82. The number of nitrogens with zero attached hydrogens (tertiary/aromatic N) is 2. The first-order chi connectivity index (χ1) is 15.8. The van der Waals surface area contributed by atoms with E-state index in [9.17, 15) is 4.79 Å². The van der Waals surface area contributed by atoms with Gasteiger partial charge in [0.25, 0.3) is 0 Å². The fourth-order valence-electron chi connectivity index (χ4n) is 4.57. The van der Waals surface area contributed by atoms with Crippen LogP contribution >= 0.6 is 23.2 Å². The predicted molar refractivity (Wildman–Crippen MR) is 138 cm³/mol. The van der Waals surface area contributed by atoms with Crippen LogP contribution in [0, 0.1) is 11.8 Å². The van der Waals surface area contributed by atoms with Crippen molar-refractivity contribution in [3.8, 4) is 5.75 Å². The number of rotatable bonds is 8.